The molecule has 0 aliphatic rings. The molecule has 2 rings (SSSR count). The van der Waals surface area contributed by atoms with E-state index in [1.807, 2.05) is 32.2 Å². The average Bonchev–Trinajstić information content (AvgIpc) is 2.92. The standard InChI is InChI=1S/C18H26N2O2/c1-5-20(6-2)11-10-14-12-19-17-15(14)8-7-9-16(17)22-18(21)13(3)4/h7-9,12-13,19H,5-6,10-11H2,1-4H3. The molecular weight excluding hydrogens is 276 g/mol. The number of hydrogen-bond acceptors (Lipinski definition) is 3. The van der Waals surface area contributed by atoms with Crippen molar-refractivity contribution in [3.05, 3.63) is 30.0 Å². The highest BCUT2D eigenvalue weighted by Crippen LogP contribution is 2.28. The molecule has 0 atom stereocenters. The van der Waals surface area contributed by atoms with Gasteiger partial charge >= 0.3 is 5.97 Å². The second-order valence-electron chi connectivity index (χ2n) is 5.85. The summed E-state index contributed by atoms with van der Waals surface area (Å²) in [6.45, 7) is 11.2. The van der Waals surface area contributed by atoms with Crippen LogP contribution in [0.2, 0.25) is 0 Å². The van der Waals surface area contributed by atoms with E-state index in [2.05, 4.69) is 29.8 Å². The quantitative estimate of drug-likeness (QED) is 0.627. The number of nitrogens with one attached hydrogen (secondary N) is 1. The van der Waals surface area contributed by atoms with Crippen molar-refractivity contribution < 1.29 is 9.53 Å². The minimum Gasteiger partial charge on any atom is -0.424 e. The van der Waals surface area contributed by atoms with Gasteiger partial charge in [-0.2, -0.15) is 0 Å². The topological polar surface area (TPSA) is 45.3 Å². The molecule has 4 nitrogen and oxygen atoms in total. The monoisotopic (exact) mass is 302 g/mol. The molecule has 4 heteroatoms. The van der Waals surface area contributed by atoms with E-state index in [-0.39, 0.29) is 11.9 Å². The first kappa shape index (κ1) is 16.6. The zero-order chi connectivity index (χ0) is 16.1. The van der Waals surface area contributed by atoms with Crippen LogP contribution in [0.5, 0.6) is 5.75 Å². The van der Waals surface area contributed by atoms with Crippen LogP contribution < -0.4 is 4.74 Å². The van der Waals surface area contributed by atoms with Gasteiger partial charge in [0.25, 0.3) is 0 Å². The Kier molecular flexibility index (Phi) is 5.61. The maximum absolute atomic E-state index is 11.8. The zero-order valence-corrected chi connectivity index (χ0v) is 14.0. The number of rotatable bonds is 7. The molecule has 0 fully saturated rings. The smallest absolute Gasteiger partial charge is 0.313 e. The van der Waals surface area contributed by atoms with Crippen LogP contribution in [0.3, 0.4) is 0 Å². The minimum atomic E-state index is -0.202. The summed E-state index contributed by atoms with van der Waals surface area (Å²) in [4.78, 5) is 17.5. The fraction of sp³-hybridized carbons (Fsp3) is 0.500. The molecule has 2 aromatic rings. The van der Waals surface area contributed by atoms with Crippen molar-refractivity contribution in [3.8, 4) is 5.75 Å². The van der Waals surface area contributed by atoms with Crippen molar-refractivity contribution in [2.24, 2.45) is 5.92 Å². The van der Waals surface area contributed by atoms with Crippen LogP contribution in [0.25, 0.3) is 10.9 Å². The van der Waals surface area contributed by atoms with Gasteiger partial charge in [-0.25, -0.2) is 0 Å². The fourth-order valence-electron chi connectivity index (χ4n) is 2.52. The van der Waals surface area contributed by atoms with Crippen LogP contribution in [0.1, 0.15) is 33.3 Å². The molecule has 0 aliphatic heterocycles. The molecule has 1 aromatic carbocycles. The number of H-pyrrole nitrogens is 1. The van der Waals surface area contributed by atoms with E-state index in [1.54, 1.807) is 0 Å². The number of carbonyl (C=O) groups is 1. The van der Waals surface area contributed by atoms with E-state index in [4.69, 9.17) is 4.74 Å². The first-order valence-electron chi connectivity index (χ1n) is 8.09. The summed E-state index contributed by atoms with van der Waals surface area (Å²) >= 11 is 0. The third-order valence-corrected chi connectivity index (χ3v) is 4.04. The van der Waals surface area contributed by atoms with Gasteiger partial charge in [0.2, 0.25) is 0 Å². The summed E-state index contributed by atoms with van der Waals surface area (Å²) < 4.78 is 5.49. The molecule has 1 heterocycles. The lowest BCUT2D eigenvalue weighted by Gasteiger charge is -2.17. The first-order valence-corrected chi connectivity index (χ1v) is 8.09. The molecule has 22 heavy (non-hydrogen) atoms. The van der Waals surface area contributed by atoms with Crippen molar-refractivity contribution in [2.75, 3.05) is 19.6 Å². The van der Waals surface area contributed by atoms with E-state index in [9.17, 15) is 4.79 Å². The van der Waals surface area contributed by atoms with Gasteiger partial charge < -0.3 is 14.6 Å². The maximum atomic E-state index is 11.8. The van der Waals surface area contributed by atoms with Gasteiger partial charge in [0.1, 0.15) is 0 Å². The Bertz CT molecular complexity index is 627. The summed E-state index contributed by atoms with van der Waals surface area (Å²) in [5, 5.41) is 1.14. The number of nitrogens with zero attached hydrogens (tertiary/aromatic N) is 1. The number of carbonyl (C=O) groups excluding carboxylic acids is 1. The molecule has 0 unspecified atom stereocenters. The molecule has 1 aromatic heterocycles. The van der Waals surface area contributed by atoms with Gasteiger partial charge in [-0.15, -0.1) is 0 Å². The van der Waals surface area contributed by atoms with E-state index in [1.165, 1.54) is 5.56 Å². The van der Waals surface area contributed by atoms with E-state index < -0.39 is 0 Å². The zero-order valence-electron chi connectivity index (χ0n) is 14.0. The Hall–Kier alpha value is -1.81. The van der Waals surface area contributed by atoms with Crippen LogP contribution in [-0.2, 0) is 11.2 Å². The van der Waals surface area contributed by atoms with Gasteiger partial charge in [-0.05, 0) is 31.1 Å². The minimum absolute atomic E-state index is 0.132. The Labute approximate surface area is 132 Å². The lowest BCUT2D eigenvalue weighted by Crippen LogP contribution is -2.25. The number of aromatic nitrogens is 1. The number of para-hydroxylation sites is 1. The third kappa shape index (κ3) is 3.69. The fourth-order valence-corrected chi connectivity index (χ4v) is 2.52. The molecule has 0 bridgehead atoms. The van der Waals surface area contributed by atoms with Crippen LogP contribution >= 0.6 is 0 Å². The first-order chi connectivity index (χ1) is 10.6. The third-order valence-electron chi connectivity index (χ3n) is 4.04. The SMILES string of the molecule is CCN(CC)CCc1c[nH]c2c(OC(=O)C(C)C)cccc12. The van der Waals surface area contributed by atoms with E-state index in [0.717, 1.165) is 37.0 Å². The van der Waals surface area contributed by atoms with Gasteiger partial charge in [-0.3, -0.25) is 4.79 Å². The number of hydrogen-bond donors (Lipinski definition) is 1. The van der Waals surface area contributed by atoms with Crippen molar-refractivity contribution in [1.82, 2.24) is 9.88 Å². The van der Waals surface area contributed by atoms with Gasteiger partial charge in [0, 0.05) is 18.1 Å². The number of esters is 1. The summed E-state index contributed by atoms with van der Waals surface area (Å²) in [6.07, 6.45) is 3.02. The molecule has 0 spiro atoms. The predicted octanol–water partition coefficient (Wildman–Crippen LogP) is 3.61. The normalized spacial score (nSPS) is 11.5. The molecule has 0 saturated carbocycles. The van der Waals surface area contributed by atoms with Crippen molar-refractivity contribution >= 4 is 16.9 Å². The van der Waals surface area contributed by atoms with Crippen LogP contribution in [-0.4, -0.2) is 35.5 Å². The van der Waals surface area contributed by atoms with Gasteiger partial charge in [-0.1, -0.05) is 39.8 Å². The number of benzene rings is 1. The highest BCUT2D eigenvalue weighted by molar-refractivity contribution is 5.90. The van der Waals surface area contributed by atoms with E-state index >= 15 is 0 Å². The molecular formula is C18H26N2O2. The second-order valence-corrected chi connectivity index (χ2v) is 5.85. The number of likely N-dealkylation sites (N-methyl/N-ethyl adjacent to an activating group) is 1. The number of ether oxygens (including phenoxy) is 1. The van der Waals surface area contributed by atoms with Crippen LogP contribution in [0.4, 0.5) is 0 Å². The van der Waals surface area contributed by atoms with Crippen LogP contribution in [0.15, 0.2) is 24.4 Å². The number of aromatic amines is 1. The summed E-state index contributed by atoms with van der Waals surface area (Å²) in [7, 11) is 0. The van der Waals surface area contributed by atoms with Crippen molar-refractivity contribution in [3.63, 3.8) is 0 Å². The molecule has 0 saturated heterocycles. The van der Waals surface area contributed by atoms with Gasteiger partial charge in [0.15, 0.2) is 5.75 Å². The highest BCUT2D eigenvalue weighted by Gasteiger charge is 2.14. The van der Waals surface area contributed by atoms with Gasteiger partial charge in [0.05, 0.1) is 11.4 Å². The Morgan fingerprint density at radius 1 is 1.27 bits per heavy atom. The number of fused-ring (bicyclic) bond motifs is 1. The summed E-state index contributed by atoms with van der Waals surface area (Å²) in [6, 6.07) is 5.86. The van der Waals surface area contributed by atoms with Crippen molar-refractivity contribution in [1.29, 1.82) is 0 Å². The maximum Gasteiger partial charge on any atom is 0.313 e. The molecule has 0 radical (unpaired) electrons. The average molecular weight is 302 g/mol. The molecule has 120 valence electrons. The summed E-state index contributed by atoms with van der Waals surface area (Å²) in [5.41, 5.74) is 2.18. The Balaban J connectivity index is 2.20. The predicted molar refractivity (Wildman–Crippen MR) is 90.3 cm³/mol. The molecule has 0 amide bonds. The lowest BCUT2D eigenvalue weighted by molar-refractivity contribution is -0.137. The van der Waals surface area contributed by atoms with Crippen LogP contribution in [0, 0.1) is 5.92 Å². The largest absolute Gasteiger partial charge is 0.424 e. The van der Waals surface area contributed by atoms with Crippen molar-refractivity contribution in [2.45, 2.75) is 34.1 Å². The Morgan fingerprint density at radius 3 is 2.64 bits per heavy atom. The summed E-state index contributed by atoms with van der Waals surface area (Å²) in [5.74, 6) is 0.282. The highest BCUT2D eigenvalue weighted by atomic mass is 16.5. The lowest BCUT2D eigenvalue weighted by atomic mass is 10.1. The Morgan fingerprint density at radius 2 is 2.00 bits per heavy atom. The molecule has 1 N–H and O–H groups in total. The molecule has 0 aliphatic carbocycles. The van der Waals surface area contributed by atoms with E-state index in [0.29, 0.717) is 5.75 Å². The second kappa shape index (κ2) is 7.45.